The molecule has 0 aliphatic carbocycles. The van der Waals surface area contributed by atoms with Crippen LogP contribution in [0.1, 0.15) is 6.92 Å². The number of hydrogen-bond donors (Lipinski definition) is 1. The highest BCUT2D eigenvalue weighted by Gasteiger charge is 1.85. The van der Waals surface area contributed by atoms with Gasteiger partial charge in [0.2, 0.25) is 0 Å². The smallest absolute Gasteiger partial charge is 0.107 e. The van der Waals surface area contributed by atoms with E-state index in [9.17, 15) is 0 Å². The molecule has 0 aromatic rings. The number of allylic oxidation sites excluding steroid dienone is 1. The van der Waals surface area contributed by atoms with Crippen LogP contribution in [-0.2, 0) is 0 Å². The molecular formula is C5H8N2. The maximum Gasteiger partial charge on any atom is 0.107 e. The Labute approximate surface area is 42.9 Å². The molecule has 2 nitrogen and oxygen atoms in total. The molecule has 1 aliphatic rings. The van der Waals surface area contributed by atoms with E-state index in [1.165, 1.54) is 0 Å². The topological polar surface area (TPSA) is 24.4 Å². The first-order valence-corrected chi connectivity index (χ1v) is 2.30. The Morgan fingerprint density at radius 2 is 2.71 bits per heavy atom. The van der Waals surface area contributed by atoms with Gasteiger partial charge in [-0.15, -0.1) is 0 Å². The van der Waals surface area contributed by atoms with Gasteiger partial charge < -0.3 is 5.32 Å². The summed E-state index contributed by atoms with van der Waals surface area (Å²) in [4.78, 5) is 4.05. The Morgan fingerprint density at radius 3 is 3.00 bits per heavy atom. The second-order valence-corrected chi connectivity index (χ2v) is 1.50. The highest BCUT2D eigenvalue weighted by molar-refractivity contribution is 5.93. The van der Waals surface area contributed by atoms with Crippen molar-refractivity contribution in [3.05, 3.63) is 12.3 Å². The summed E-state index contributed by atoms with van der Waals surface area (Å²) in [6.07, 6.45) is 3.85. The van der Waals surface area contributed by atoms with Gasteiger partial charge in [-0.25, -0.2) is 0 Å². The second-order valence-electron chi connectivity index (χ2n) is 1.50. The molecule has 0 aromatic heterocycles. The lowest BCUT2D eigenvalue weighted by molar-refractivity contribution is 0.872. The van der Waals surface area contributed by atoms with Crippen molar-refractivity contribution in [2.45, 2.75) is 6.92 Å². The molecule has 0 unspecified atom stereocenters. The first-order valence-electron chi connectivity index (χ1n) is 2.30. The maximum atomic E-state index is 4.05. The highest BCUT2D eigenvalue weighted by Crippen LogP contribution is 1.83. The van der Waals surface area contributed by atoms with E-state index >= 15 is 0 Å². The molecule has 1 heterocycles. The molecule has 38 valence electrons. The number of hydrogen-bond acceptors (Lipinski definition) is 2. The van der Waals surface area contributed by atoms with Crippen LogP contribution in [-0.4, -0.2) is 12.4 Å². The maximum absolute atomic E-state index is 4.05. The van der Waals surface area contributed by atoms with Gasteiger partial charge in [-0.2, -0.15) is 0 Å². The summed E-state index contributed by atoms with van der Waals surface area (Å²) in [5, 5.41) is 2.95. The summed E-state index contributed by atoms with van der Waals surface area (Å²) >= 11 is 0. The summed E-state index contributed by atoms with van der Waals surface area (Å²) in [5.74, 6) is 0. The fourth-order valence-electron chi connectivity index (χ4n) is 0.455. The van der Waals surface area contributed by atoms with Crippen molar-refractivity contribution in [3.8, 4) is 0 Å². The van der Waals surface area contributed by atoms with Crippen LogP contribution in [0.25, 0.3) is 0 Å². The summed E-state index contributed by atoms with van der Waals surface area (Å²) in [7, 11) is 0. The Kier molecular flexibility index (Phi) is 1.11. The van der Waals surface area contributed by atoms with Crippen molar-refractivity contribution in [2.24, 2.45) is 4.99 Å². The number of aliphatic imine (C=N–C) groups is 1. The lowest BCUT2D eigenvalue weighted by atomic mass is 10.4. The van der Waals surface area contributed by atoms with Crippen molar-refractivity contribution in [2.75, 3.05) is 6.67 Å². The van der Waals surface area contributed by atoms with Crippen molar-refractivity contribution in [3.63, 3.8) is 0 Å². The zero-order chi connectivity index (χ0) is 5.11. The van der Waals surface area contributed by atoms with Crippen LogP contribution < -0.4 is 5.32 Å². The first kappa shape index (κ1) is 4.37. The van der Waals surface area contributed by atoms with Gasteiger partial charge in [0.25, 0.3) is 0 Å². The predicted molar refractivity (Wildman–Crippen MR) is 30.3 cm³/mol. The SMILES string of the molecule is CC1=NCNC=C1. The minimum absolute atomic E-state index is 0.738. The first-order chi connectivity index (χ1) is 3.39. The fraction of sp³-hybridized carbons (Fsp3) is 0.400. The lowest BCUT2D eigenvalue weighted by Gasteiger charge is -2.00. The van der Waals surface area contributed by atoms with E-state index in [0.29, 0.717) is 0 Å². The molecule has 0 amide bonds. The molecule has 1 N–H and O–H groups in total. The number of rotatable bonds is 0. The molecular weight excluding hydrogens is 88.1 g/mol. The van der Waals surface area contributed by atoms with E-state index in [1.807, 2.05) is 19.2 Å². The molecule has 0 saturated heterocycles. The van der Waals surface area contributed by atoms with E-state index in [0.717, 1.165) is 12.4 Å². The van der Waals surface area contributed by atoms with Crippen molar-refractivity contribution < 1.29 is 0 Å². The predicted octanol–water partition coefficient (Wildman–Crippen LogP) is 0.522. The van der Waals surface area contributed by atoms with Gasteiger partial charge in [-0.05, 0) is 19.2 Å². The average molecular weight is 96.1 g/mol. The highest BCUT2D eigenvalue weighted by atomic mass is 15.0. The van der Waals surface area contributed by atoms with Crippen LogP contribution >= 0.6 is 0 Å². The Bertz CT molecular complexity index is 113. The Morgan fingerprint density at radius 1 is 1.86 bits per heavy atom. The van der Waals surface area contributed by atoms with Gasteiger partial charge in [-0.3, -0.25) is 4.99 Å². The zero-order valence-electron chi connectivity index (χ0n) is 4.31. The van der Waals surface area contributed by atoms with Crippen molar-refractivity contribution in [1.29, 1.82) is 0 Å². The van der Waals surface area contributed by atoms with Crippen LogP contribution in [0.2, 0.25) is 0 Å². The van der Waals surface area contributed by atoms with Crippen molar-refractivity contribution in [1.82, 2.24) is 5.32 Å². The fourth-order valence-corrected chi connectivity index (χ4v) is 0.455. The third-order valence-corrected chi connectivity index (χ3v) is 0.862. The van der Waals surface area contributed by atoms with E-state index in [1.54, 1.807) is 0 Å². The average Bonchev–Trinajstić information content (AvgIpc) is 1.69. The van der Waals surface area contributed by atoms with Crippen molar-refractivity contribution >= 4 is 5.71 Å². The summed E-state index contributed by atoms with van der Waals surface area (Å²) in [5.41, 5.74) is 1.10. The quantitative estimate of drug-likeness (QED) is 0.467. The third-order valence-electron chi connectivity index (χ3n) is 0.862. The minimum Gasteiger partial charge on any atom is -0.372 e. The largest absolute Gasteiger partial charge is 0.372 e. The van der Waals surface area contributed by atoms with Crippen LogP contribution in [0.3, 0.4) is 0 Å². The molecule has 0 atom stereocenters. The number of nitrogens with zero attached hydrogens (tertiary/aromatic N) is 1. The molecule has 0 saturated carbocycles. The summed E-state index contributed by atoms with van der Waals surface area (Å²) in [6, 6.07) is 0. The van der Waals surface area contributed by atoms with Gasteiger partial charge in [0.05, 0.1) is 0 Å². The molecule has 7 heavy (non-hydrogen) atoms. The Hall–Kier alpha value is -0.790. The van der Waals surface area contributed by atoms with Gasteiger partial charge in [0.15, 0.2) is 0 Å². The van der Waals surface area contributed by atoms with E-state index < -0.39 is 0 Å². The second kappa shape index (κ2) is 1.78. The normalized spacial score (nSPS) is 18.1. The van der Waals surface area contributed by atoms with Gasteiger partial charge in [-0.1, -0.05) is 0 Å². The molecule has 0 fully saturated rings. The summed E-state index contributed by atoms with van der Waals surface area (Å²) in [6.45, 7) is 2.72. The summed E-state index contributed by atoms with van der Waals surface area (Å²) < 4.78 is 0. The monoisotopic (exact) mass is 96.1 g/mol. The standard InChI is InChI=1S/C5H8N2/c1-5-2-3-6-4-7-5/h2-3,6H,4H2,1H3. The molecule has 0 bridgehead atoms. The molecule has 2 heteroatoms. The van der Waals surface area contributed by atoms with Crippen LogP contribution in [0.4, 0.5) is 0 Å². The minimum atomic E-state index is 0.738. The van der Waals surface area contributed by atoms with Crippen LogP contribution in [0, 0.1) is 0 Å². The molecule has 1 rings (SSSR count). The molecule has 0 radical (unpaired) electrons. The van der Waals surface area contributed by atoms with Gasteiger partial charge in [0, 0.05) is 5.71 Å². The van der Waals surface area contributed by atoms with E-state index in [4.69, 9.17) is 0 Å². The van der Waals surface area contributed by atoms with E-state index in [-0.39, 0.29) is 0 Å². The number of nitrogens with one attached hydrogen (secondary N) is 1. The lowest BCUT2D eigenvalue weighted by Crippen LogP contribution is -2.10. The molecule has 0 aromatic carbocycles. The van der Waals surface area contributed by atoms with Gasteiger partial charge in [0.1, 0.15) is 6.67 Å². The molecule has 0 spiro atoms. The van der Waals surface area contributed by atoms with E-state index in [2.05, 4.69) is 10.3 Å². The van der Waals surface area contributed by atoms with Crippen LogP contribution in [0.5, 0.6) is 0 Å². The Balaban J connectivity index is 2.58. The molecule has 1 aliphatic heterocycles. The third kappa shape index (κ3) is 1.03. The zero-order valence-corrected chi connectivity index (χ0v) is 4.31. The van der Waals surface area contributed by atoms with Gasteiger partial charge >= 0.3 is 0 Å². The van der Waals surface area contributed by atoms with Crippen LogP contribution in [0.15, 0.2) is 17.3 Å².